The normalized spacial score (nSPS) is 13.7. The van der Waals surface area contributed by atoms with E-state index in [0.717, 1.165) is 0 Å². The zero-order chi connectivity index (χ0) is 19.2. The van der Waals surface area contributed by atoms with Crippen LogP contribution in [-0.2, 0) is 20.9 Å². The SMILES string of the molecule is CCOC(=O)C/C(=N/[S+]([O-])C(C)(C)C)c1c(Cl)cccc1OC(F)F. The predicted octanol–water partition coefficient (Wildman–Crippen LogP) is 4.15. The quantitative estimate of drug-likeness (QED) is 0.395. The van der Waals surface area contributed by atoms with Crippen molar-refractivity contribution in [3.8, 4) is 5.75 Å². The zero-order valence-electron chi connectivity index (χ0n) is 14.3. The van der Waals surface area contributed by atoms with E-state index in [-0.39, 0.29) is 35.1 Å². The molecule has 0 aliphatic rings. The number of benzene rings is 1. The summed E-state index contributed by atoms with van der Waals surface area (Å²) in [6.45, 7) is 3.75. The van der Waals surface area contributed by atoms with Crippen LogP contribution in [0.2, 0.25) is 5.02 Å². The molecule has 9 heteroatoms. The van der Waals surface area contributed by atoms with Gasteiger partial charge in [0, 0.05) is 0 Å². The predicted molar refractivity (Wildman–Crippen MR) is 93.8 cm³/mol. The van der Waals surface area contributed by atoms with Crippen LogP contribution in [0.15, 0.2) is 22.6 Å². The van der Waals surface area contributed by atoms with Crippen molar-refractivity contribution in [3.63, 3.8) is 0 Å². The van der Waals surface area contributed by atoms with E-state index >= 15 is 0 Å². The van der Waals surface area contributed by atoms with E-state index in [9.17, 15) is 18.1 Å². The highest BCUT2D eigenvalue weighted by Crippen LogP contribution is 2.31. The van der Waals surface area contributed by atoms with Gasteiger partial charge in [-0.3, -0.25) is 4.79 Å². The molecule has 0 amide bonds. The molecule has 25 heavy (non-hydrogen) atoms. The number of carbonyl (C=O) groups is 1. The van der Waals surface area contributed by atoms with Crippen LogP contribution in [0.3, 0.4) is 0 Å². The molecule has 0 fully saturated rings. The summed E-state index contributed by atoms with van der Waals surface area (Å²) in [5, 5.41) is 0.0482. The summed E-state index contributed by atoms with van der Waals surface area (Å²) in [6.07, 6.45) is -0.376. The molecule has 1 rings (SSSR count). The third-order valence-electron chi connectivity index (χ3n) is 2.81. The second-order valence-corrected chi connectivity index (χ2v) is 8.19. The lowest BCUT2D eigenvalue weighted by molar-refractivity contribution is -0.141. The van der Waals surface area contributed by atoms with Crippen molar-refractivity contribution in [1.82, 2.24) is 0 Å². The molecule has 0 heterocycles. The van der Waals surface area contributed by atoms with Crippen LogP contribution in [0.4, 0.5) is 8.78 Å². The van der Waals surface area contributed by atoms with E-state index in [1.165, 1.54) is 18.2 Å². The van der Waals surface area contributed by atoms with Crippen molar-refractivity contribution in [2.24, 2.45) is 4.40 Å². The lowest BCUT2D eigenvalue weighted by Crippen LogP contribution is -2.28. The van der Waals surface area contributed by atoms with E-state index in [4.69, 9.17) is 16.3 Å². The highest BCUT2D eigenvalue weighted by atomic mass is 35.5. The maximum Gasteiger partial charge on any atom is 0.387 e. The first-order chi connectivity index (χ1) is 11.6. The number of rotatable bonds is 7. The molecular formula is C16H20ClF2NO4S. The van der Waals surface area contributed by atoms with Gasteiger partial charge >= 0.3 is 12.6 Å². The van der Waals surface area contributed by atoms with Gasteiger partial charge in [-0.1, -0.05) is 22.1 Å². The van der Waals surface area contributed by atoms with E-state index in [0.29, 0.717) is 0 Å². The van der Waals surface area contributed by atoms with Crippen molar-refractivity contribution in [2.45, 2.75) is 45.5 Å². The maximum atomic E-state index is 12.7. The average Bonchev–Trinajstić information content (AvgIpc) is 2.45. The van der Waals surface area contributed by atoms with Crippen molar-refractivity contribution >= 4 is 34.6 Å². The Bertz CT molecular complexity index is 635. The molecule has 0 aromatic heterocycles. The highest BCUT2D eigenvalue weighted by Gasteiger charge is 2.30. The molecule has 140 valence electrons. The van der Waals surface area contributed by atoms with Gasteiger partial charge in [-0.15, -0.1) is 0 Å². The monoisotopic (exact) mass is 395 g/mol. The molecular weight excluding hydrogens is 376 g/mol. The van der Waals surface area contributed by atoms with Gasteiger partial charge in [0.05, 0.1) is 23.6 Å². The van der Waals surface area contributed by atoms with Gasteiger partial charge in [0.2, 0.25) is 0 Å². The lowest BCUT2D eigenvalue weighted by atomic mass is 10.1. The van der Waals surface area contributed by atoms with Gasteiger partial charge < -0.3 is 14.0 Å². The van der Waals surface area contributed by atoms with Gasteiger partial charge in [0.1, 0.15) is 27.6 Å². The summed E-state index contributed by atoms with van der Waals surface area (Å²) in [7, 11) is 0. The first kappa shape index (κ1) is 21.7. The van der Waals surface area contributed by atoms with Crippen molar-refractivity contribution in [2.75, 3.05) is 6.61 Å². The summed E-state index contributed by atoms with van der Waals surface area (Å²) < 4.78 is 50.4. The van der Waals surface area contributed by atoms with Crippen LogP contribution in [0.25, 0.3) is 0 Å². The summed E-state index contributed by atoms with van der Waals surface area (Å²) in [5.74, 6) is -0.897. The zero-order valence-corrected chi connectivity index (χ0v) is 15.9. The Morgan fingerprint density at radius 2 is 2.04 bits per heavy atom. The van der Waals surface area contributed by atoms with Crippen LogP contribution < -0.4 is 4.74 Å². The summed E-state index contributed by atoms with van der Waals surface area (Å²) in [5.41, 5.74) is -0.0388. The highest BCUT2D eigenvalue weighted by molar-refractivity contribution is 7.91. The molecule has 5 nitrogen and oxygen atoms in total. The molecule has 1 aromatic carbocycles. The standard InChI is InChI=1S/C16H20ClF2NO4S/c1-5-23-13(21)9-11(20-25(22)16(2,3)4)14-10(17)7-6-8-12(14)24-15(18)19/h6-8,15H,5,9H2,1-4H3/b20-11-. The van der Waals surface area contributed by atoms with Crippen molar-refractivity contribution < 1.29 is 27.6 Å². The summed E-state index contributed by atoms with van der Waals surface area (Å²) in [6, 6.07) is 4.14. The van der Waals surface area contributed by atoms with Gasteiger partial charge in [0.25, 0.3) is 0 Å². The lowest BCUT2D eigenvalue weighted by Gasteiger charge is -2.20. The van der Waals surface area contributed by atoms with E-state index in [1.807, 2.05) is 0 Å². The Hall–Kier alpha value is -1.38. The number of hydrogen-bond acceptors (Lipinski definition) is 5. The van der Waals surface area contributed by atoms with Crippen LogP contribution in [0.1, 0.15) is 39.7 Å². The molecule has 0 saturated heterocycles. The Kier molecular flexibility index (Phi) is 8.11. The number of halogens is 3. The largest absolute Gasteiger partial charge is 0.591 e. The molecule has 1 unspecified atom stereocenters. The minimum Gasteiger partial charge on any atom is -0.591 e. The number of esters is 1. The summed E-state index contributed by atoms with van der Waals surface area (Å²) >= 11 is 4.37. The maximum absolute atomic E-state index is 12.7. The molecule has 0 radical (unpaired) electrons. The molecule has 1 aromatic rings. The third kappa shape index (κ3) is 6.80. The molecule has 0 N–H and O–H groups in total. The Morgan fingerprint density at radius 3 is 2.56 bits per heavy atom. The van der Waals surface area contributed by atoms with Crippen LogP contribution in [0.5, 0.6) is 5.75 Å². The van der Waals surface area contributed by atoms with Gasteiger partial charge in [-0.2, -0.15) is 8.78 Å². The Labute approximate surface area is 153 Å². The van der Waals surface area contributed by atoms with Gasteiger partial charge in [0.15, 0.2) is 0 Å². The molecule has 0 aliphatic carbocycles. The van der Waals surface area contributed by atoms with Crippen LogP contribution >= 0.6 is 11.6 Å². The fraction of sp³-hybridized carbons (Fsp3) is 0.500. The Morgan fingerprint density at radius 1 is 1.40 bits per heavy atom. The number of hydrogen-bond donors (Lipinski definition) is 0. The third-order valence-corrected chi connectivity index (χ3v) is 4.56. The van der Waals surface area contributed by atoms with Crippen molar-refractivity contribution in [3.05, 3.63) is 28.8 Å². The Balaban J connectivity index is 3.41. The minimum atomic E-state index is -3.09. The molecule has 0 bridgehead atoms. The molecule has 0 aliphatic heterocycles. The second kappa shape index (κ2) is 9.35. The number of alkyl halides is 2. The summed E-state index contributed by atoms with van der Waals surface area (Å²) in [4.78, 5) is 11.9. The minimum absolute atomic E-state index is 0.00452. The van der Waals surface area contributed by atoms with Crippen LogP contribution in [-0.4, -0.2) is 34.2 Å². The smallest absolute Gasteiger partial charge is 0.387 e. The van der Waals surface area contributed by atoms with Crippen molar-refractivity contribution in [1.29, 1.82) is 0 Å². The fourth-order valence-corrected chi connectivity index (χ4v) is 2.64. The van der Waals surface area contributed by atoms with Gasteiger partial charge in [-0.05, 0) is 39.8 Å². The average molecular weight is 396 g/mol. The topological polar surface area (TPSA) is 71.0 Å². The number of nitrogens with zero attached hydrogens (tertiary/aromatic N) is 1. The second-order valence-electron chi connectivity index (χ2n) is 5.87. The van der Waals surface area contributed by atoms with E-state index in [2.05, 4.69) is 9.13 Å². The van der Waals surface area contributed by atoms with E-state index < -0.39 is 28.7 Å². The fourth-order valence-electron chi connectivity index (χ4n) is 1.73. The molecule has 0 spiro atoms. The van der Waals surface area contributed by atoms with Crippen LogP contribution in [0, 0.1) is 0 Å². The van der Waals surface area contributed by atoms with E-state index in [1.54, 1.807) is 27.7 Å². The first-order valence-electron chi connectivity index (χ1n) is 7.45. The molecule has 1 atom stereocenters. The molecule has 0 saturated carbocycles. The van der Waals surface area contributed by atoms with Gasteiger partial charge in [-0.25, -0.2) is 0 Å². The number of carbonyl (C=O) groups excluding carboxylic acids is 1. The first-order valence-corrected chi connectivity index (χ1v) is 8.93. The number of ether oxygens (including phenoxy) is 2.